The Morgan fingerprint density at radius 1 is 1.50 bits per heavy atom. The van der Waals surface area contributed by atoms with Crippen molar-refractivity contribution >= 4 is 11.3 Å². The van der Waals surface area contributed by atoms with E-state index in [1.807, 2.05) is 5.51 Å². The van der Waals surface area contributed by atoms with Crippen molar-refractivity contribution in [1.29, 1.82) is 0 Å². The van der Waals surface area contributed by atoms with Gasteiger partial charge in [-0.2, -0.15) is 0 Å². The average molecular weight is 237 g/mol. The highest BCUT2D eigenvalue weighted by Gasteiger charge is 2.34. The van der Waals surface area contributed by atoms with E-state index >= 15 is 0 Å². The molecule has 3 fully saturated rings. The van der Waals surface area contributed by atoms with E-state index < -0.39 is 0 Å². The van der Waals surface area contributed by atoms with Gasteiger partial charge in [-0.15, -0.1) is 11.3 Å². The van der Waals surface area contributed by atoms with Crippen LogP contribution in [0.25, 0.3) is 0 Å². The van der Waals surface area contributed by atoms with Crippen LogP contribution < -0.4 is 5.32 Å². The van der Waals surface area contributed by atoms with Gasteiger partial charge in [-0.1, -0.05) is 0 Å². The molecule has 2 unspecified atom stereocenters. The molecule has 4 rings (SSSR count). The van der Waals surface area contributed by atoms with Crippen LogP contribution in [0.2, 0.25) is 0 Å². The van der Waals surface area contributed by atoms with Gasteiger partial charge in [0.25, 0.3) is 0 Å². The minimum absolute atomic E-state index is 0.400. The molecule has 3 nitrogen and oxygen atoms in total. The van der Waals surface area contributed by atoms with Gasteiger partial charge in [-0.3, -0.25) is 0 Å². The normalized spacial score (nSPS) is 35.2. The van der Waals surface area contributed by atoms with Gasteiger partial charge in [0.1, 0.15) is 0 Å². The number of piperidine rings is 3. The van der Waals surface area contributed by atoms with Crippen molar-refractivity contribution in [3.63, 3.8) is 0 Å². The maximum atomic E-state index is 4.39. The second-order valence-electron chi connectivity index (χ2n) is 5.05. The summed E-state index contributed by atoms with van der Waals surface area (Å²) in [5.41, 5.74) is 3.12. The predicted octanol–water partition coefficient (Wildman–Crippen LogP) is 1.89. The maximum Gasteiger partial charge on any atom is 0.0795 e. The first kappa shape index (κ1) is 10.7. The summed E-state index contributed by atoms with van der Waals surface area (Å²) < 4.78 is 0. The first-order valence-electron chi connectivity index (χ1n) is 6.19. The SMILES string of the molecule is CC(NC1CN2CCC1CC2)c1cscn1. The topological polar surface area (TPSA) is 28.2 Å². The first-order chi connectivity index (χ1) is 7.83. The Morgan fingerprint density at radius 2 is 2.31 bits per heavy atom. The van der Waals surface area contributed by atoms with Gasteiger partial charge < -0.3 is 10.2 Å². The highest BCUT2D eigenvalue weighted by molar-refractivity contribution is 7.07. The third kappa shape index (κ3) is 2.01. The Bertz CT molecular complexity index is 330. The van der Waals surface area contributed by atoms with E-state index in [9.17, 15) is 0 Å². The minimum atomic E-state index is 0.400. The molecule has 0 radical (unpaired) electrons. The maximum absolute atomic E-state index is 4.39. The van der Waals surface area contributed by atoms with Gasteiger partial charge in [-0.05, 0) is 38.8 Å². The minimum Gasteiger partial charge on any atom is -0.304 e. The molecule has 3 aliphatic heterocycles. The fraction of sp³-hybridized carbons (Fsp3) is 0.750. The summed E-state index contributed by atoms with van der Waals surface area (Å²) in [5.74, 6) is 0.895. The molecule has 4 heteroatoms. The van der Waals surface area contributed by atoms with Crippen molar-refractivity contribution in [3.05, 3.63) is 16.6 Å². The van der Waals surface area contributed by atoms with E-state index in [0.29, 0.717) is 12.1 Å². The summed E-state index contributed by atoms with van der Waals surface area (Å²) in [5, 5.41) is 5.91. The fourth-order valence-electron chi connectivity index (χ4n) is 3.00. The number of nitrogens with zero attached hydrogens (tertiary/aromatic N) is 2. The van der Waals surface area contributed by atoms with Crippen LogP contribution in [0.5, 0.6) is 0 Å². The summed E-state index contributed by atoms with van der Waals surface area (Å²) in [6.45, 7) is 6.09. The van der Waals surface area contributed by atoms with Crippen LogP contribution in [0.4, 0.5) is 0 Å². The van der Waals surface area contributed by atoms with Crippen molar-refractivity contribution < 1.29 is 0 Å². The molecule has 2 bridgehead atoms. The van der Waals surface area contributed by atoms with Gasteiger partial charge >= 0.3 is 0 Å². The lowest BCUT2D eigenvalue weighted by Gasteiger charge is -2.45. The molecule has 0 aliphatic carbocycles. The van der Waals surface area contributed by atoms with Crippen molar-refractivity contribution in [2.75, 3.05) is 19.6 Å². The van der Waals surface area contributed by atoms with Gasteiger partial charge in [-0.25, -0.2) is 4.98 Å². The number of rotatable bonds is 3. The third-order valence-electron chi connectivity index (χ3n) is 4.02. The molecule has 0 saturated carbocycles. The van der Waals surface area contributed by atoms with Crippen LogP contribution in [0.1, 0.15) is 31.5 Å². The van der Waals surface area contributed by atoms with E-state index in [1.165, 1.54) is 38.2 Å². The lowest BCUT2D eigenvalue weighted by atomic mass is 9.83. The Labute approximate surface area is 101 Å². The smallest absolute Gasteiger partial charge is 0.0795 e. The molecule has 0 aromatic carbocycles. The van der Waals surface area contributed by atoms with Gasteiger partial charge in [0, 0.05) is 24.0 Å². The first-order valence-corrected chi connectivity index (χ1v) is 7.13. The number of nitrogens with one attached hydrogen (secondary N) is 1. The number of thiazole rings is 1. The Hall–Kier alpha value is -0.450. The van der Waals surface area contributed by atoms with Crippen LogP contribution in [0, 0.1) is 5.92 Å². The largest absolute Gasteiger partial charge is 0.304 e. The molecule has 16 heavy (non-hydrogen) atoms. The van der Waals surface area contributed by atoms with Crippen molar-refractivity contribution in [2.24, 2.45) is 5.92 Å². The van der Waals surface area contributed by atoms with Crippen LogP contribution >= 0.6 is 11.3 Å². The van der Waals surface area contributed by atoms with E-state index in [1.54, 1.807) is 11.3 Å². The summed E-state index contributed by atoms with van der Waals surface area (Å²) in [6.07, 6.45) is 2.75. The molecule has 3 aliphatic rings. The zero-order valence-electron chi connectivity index (χ0n) is 9.72. The van der Waals surface area contributed by atoms with Gasteiger partial charge in [0.2, 0.25) is 0 Å². The standard InChI is InChI=1S/C12H19N3S/c1-9(12-7-16-8-13-12)14-11-6-15-4-2-10(11)3-5-15/h7-11,14H,2-6H2,1H3. The number of fused-ring (bicyclic) bond motifs is 3. The van der Waals surface area contributed by atoms with Crippen LogP contribution in [-0.4, -0.2) is 35.6 Å². The molecule has 1 N–H and O–H groups in total. The molecule has 0 spiro atoms. The number of hydrogen-bond acceptors (Lipinski definition) is 4. The molecule has 1 aromatic rings. The second kappa shape index (κ2) is 4.43. The summed E-state index contributed by atoms with van der Waals surface area (Å²) >= 11 is 1.68. The van der Waals surface area contributed by atoms with Crippen molar-refractivity contribution in [1.82, 2.24) is 15.2 Å². The van der Waals surface area contributed by atoms with E-state index in [4.69, 9.17) is 0 Å². The second-order valence-corrected chi connectivity index (χ2v) is 5.76. The average Bonchev–Trinajstić information content (AvgIpc) is 2.84. The third-order valence-corrected chi connectivity index (χ3v) is 4.62. The Balaban J connectivity index is 1.62. The van der Waals surface area contributed by atoms with E-state index in [-0.39, 0.29) is 0 Å². The summed E-state index contributed by atoms with van der Waals surface area (Å²) in [4.78, 5) is 6.97. The summed E-state index contributed by atoms with van der Waals surface area (Å²) in [6, 6.07) is 1.08. The molecule has 2 atom stereocenters. The van der Waals surface area contributed by atoms with Crippen LogP contribution in [0.3, 0.4) is 0 Å². The summed E-state index contributed by atoms with van der Waals surface area (Å²) in [7, 11) is 0. The molecular weight excluding hydrogens is 218 g/mol. The number of hydrogen-bond donors (Lipinski definition) is 1. The van der Waals surface area contributed by atoms with Gasteiger partial charge in [0.05, 0.1) is 11.2 Å². The zero-order chi connectivity index (χ0) is 11.0. The van der Waals surface area contributed by atoms with Crippen molar-refractivity contribution in [3.8, 4) is 0 Å². The highest BCUT2D eigenvalue weighted by Crippen LogP contribution is 2.29. The number of aromatic nitrogens is 1. The molecule has 88 valence electrons. The quantitative estimate of drug-likeness (QED) is 0.870. The zero-order valence-corrected chi connectivity index (χ0v) is 10.5. The molecule has 0 amide bonds. The lowest BCUT2D eigenvalue weighted by Crippen LogP contribution is -2.56. The molecule has 1 aromatic heterocycles. The molecular formula is C12H19N3S. The predicted molar refractivity (Wildman–Crippen MR) is 66.6 cm³/mol. The molecule has 3 saturated heterocycles. The monoisotopic (exact) mass is 237 g/mol. The van der Waals surface area contributed by atoms with Crippen LogP contribution in [-0.2, 0) is 0 Å². The van der Waals surface area contributed by atoms with Gasteiger partial charge in [0.15, 0.2) is 0 Å². The Kier molecular flexibility index (Phi) is 2.96. The van der Waals surface area contributed by atoms with Crippen molar-refractivity contribution in [2.45, 2.75) is 31.8 Å². The lowest BCUT2D eigenvalue weighted by molar-refractivity contribution is 0.0678. The molecule has 4 heterocycles. The van der Waals surface area contributed by atoms with E-state index in [2.05, 4.69) is 27.5 Å². The Morgan fingerprint density at radius 3 is 2.88 bits per heavy atom. The fourth-order valence-corrected chi connectivity index (χ4v) is 3.64. The highest BCUT2D eigenvalue weighted by atomic mass is 32.1. The van der Waals surface area contributed by atoms with Crippen LogP contribution in [0.15, 0.2) is 10.9 Å². The van der Waals surface area contributed by atoms with E-state index in [0.717, 1.165) is 5.92 Å².